The Labute approximate surface area is 175 Å². The highest BCUT2D eigenvalue weighted by Gasteiger charge is 2.63. The molecular weight excluding hydrogens is 418 g/mol. The molecular formula is C18H19N3O8S. The molecule has 0 spiro atoms. The summed E-state index contributed by atoms with van der Waals surface area (Å²) in [6.45, 7) is 0.890. The van der Waals surface area contributed by atoms with Gasteiger partial charge in [0.2, 0.25) is 5.72 Å². The van der Waals surface area contributed by atoms with Gasteiger partial charge in [-0.2, -0.15) is 0 Å². The fourth-order valence-corrected chi connectivity index (χ4v) is 4.40. The summed E-state index contributed by atoms with van der Waals surface area (Å²) in [7, 11) is 1.31. The van der Waals surface area contributed by atoms with Crippen LogP contribution in [0.5, 0.6) is 0 Å². The second-order valence-corrected chi connectivity index (χ2v) is 7.64. The molecule has 1 saturated heterocycles. The molecule has 0 aromatic heterocycles. The SMILES string of the molecule is CO[C@@]1(N)C(=O)N2C(C(=O)OCc3ccc([N+](=O)[O-])cc3)=C(COC(C)=O)CS[C@@H]21. The first-order valence-corrected chi connectivity index (χ1v) is 9.79. The van der Waals surface area contributed by atoms with E-state index in [-0.39, 0.29) is 30.4 Å². The number of β-lactam (4-membered cyclic amide) rings is 1. The second kappa shape index (κ2) is 8.42. The van der Waals surface area contributed by atoms with E-state index in [0.29, 0.717) is 11.1 Å². The number of benzene rings is 1. The van der Waals surface area contributed by atoms with Crippen molar-refractivity contribution >= 4 is 35.3 Å². The topological polar surface area (TPSA) is 151 Å². The van der Waals surface area contributed by atoms with Gasteiger partial charge in [-0.05, 0) is 17.7 Å². The molecule has 30 heavy (non-hydrogen) atoms. The molecule has 0 bridgehead atoms. The van der Waals surface area contributed by atoms with Crippen LogP contribution >= 0.6 is 11.8 Å². The predicted molar refractivity (Wildman–Crippen MR) is 104 cm³/mol. The van der Waals surface area contributed by atoms with Crippen molar-refractivity contribution < 1.29 is 33.5 Å². The number of carbonyl (C=O) groups is 3. The minimum atomic E-state index is -1.55. The molecule has 2 atom stereocenters. The molecule has 1 aromatic rings. The van der Waals surface area contributed by atoms with Crippen molar-refractivity contribution in [3.8, 4) is 0 Å². The van der Waals surface area contributed by atoms with Crippen LogP contribution in [0.3, 0.4) is 0 Å². The van der Waals surface area contributed by atoms with Crippen LogP contribution in [0.15, 0.2) is 35.5 Å². The summed E-state index contributed by atoms with van der Waals surface area (Å²) in [5.41, 5.74) is 5.24. The van der Waals surface area contributed by atoms with Crippen LogP contribution in [-0.2, 0) is 35.2 Å². The number of methoxy groups -OCH3 is 1. The summed E-state index contributed by atoms with van der Waals surface area (Å²) in [5.74, 6) is -1.66. The van der Waals surface area contributed by atoms with Gasteiger partial charge in [-0.3, -0.25) is 30.3 Å². The number of nitrogens with zero attached hydrogens (tertiary/aromatic N) is 2. The van der Waals surface area contributed by atoms with Gasteiger partial charge in [0, 0.05) is 37.5 Å². The number of nitro benzene ring substituents is 1. The van der Waals surface area contributed by atoms with Gasteiger partial charge in [-0.25, -0.2) is 4.79 Å². The first-order valence-electron chi connectivity index (χ1n) is 8.74. The number of hydrogen-bond acceptors (Lipinski definition) is 10. The average Bonchev–Trinajstić information content (AvgIpc) is 2.74. The molecule has 1 fully saturated rings. The molecule has 2 N–H and O–H groups in total. The molecule has 12 heteroatoms. The van der Waals surface area contributed by atoms with E-state index in [9.17, 15) is 24.5 Å². The first kappa shape index (κ1) is 21.7. The van der Waals surface area contributed by atoms with E-state index in [1.165, 1.54) is 55.0 Å². The minimum absolute atomic E-state index is 0.0370. The Hall–Kier alpha value is -2.96. The standard InChI is InChI=1S/C18H19N3O8S/c1-10(22)28-8-12-9-30-17-18(19,27-2)16(24)20(17)14(12)15(23)29-7-11-3-5-13(6-4-11)21(25)26/h3-6,17H,7-9,19H2,1-2H3/t17-,18+/m1/s1. The Morgan fingerprint density at radius 3 is 2.53 bits per heavy atom. The summed E-state index contributed by atoms with van der Waals surface area (Å²) in [6, 6.07) is 5.51. The zero-order chi connectivity index (χ0) is 22.1. The molecule has 1 aromatic carbocycles. The first-order chi connectivity index (χ1) is 14.2. The zero-order valence-electron chi connectivity index (χ0n) is 16.2. The molecule has 2 aliphatic heterocycles. The quantitative estimate of drug-likeness (QED) is 0.212. The zero-order valence-corrected chi connectivity index (χ0v) is 17.0. The Bertz CT molecular complexity index is 932. The third kappa shape index (κ3) is 3.88. The summed E-state index contributed by atoms with van der Waals surface area (Å²) < 4.78 is 15.4. The van der Waals surface area contributed by atoms with Crippen molar-refractivity contribution in [1.82, 2.24) is 4.90 Å². The Morgan fingerprint density at radius 2 is 1.97 bits per heavy atom. The van der Waals surface area contributed by atoms with E-state index in [4.69, 9.17) is 19.9 Å². The van der Waals surface area contributed by atoms with Crippen LogP contribution in [0, 0.1) is 10.1 Å². The van der Waals surface area contributed by atoms with Crippen LogP contribution < -0.4 is 5.73 Å². The molecule has 3 rings (SSSR count). The third-order valence-electron chi connectivity index (χ3n) is 4.64. The number of non-ortho nitro benzene ring substituents is 1. The van der Waals surface area contributed by atoms with Gasteiger partial charge in [-0.1, -0.05) is 0 Å². The van der Waals surface area contributed by atoms with Gasteiger partial charge in [-0.15, -0.1) is 11.8 Å². The lowest BCUT2D eigenvalue weighted by Crippen LogP contribution is -2.78. The van der Waals surface area contributed by atoms with Crippen molar-refractivity contribution in [3.63, 3.8) is 0 Å². The Balaban J connectivity index is 1.80. The van der Waals surface area contributed by atoms with E-state index in [1.807, 2.05) is 0 Å². The summed E-state index contributed by atoms with van der Waals surface area (Å²) in [5, 5.41) is 10.1. The normalized spacial score (nSPS) is 22.8. The number of thioether (sulfide) groups is 1. The van der Waals surface area contributed by atoms with Crippen LogP contribution in [0.4, 0.5) is 5.69 Å². The number of nitro groups is 1. The van der Waals surface area contributed by atoms with E-state index in [1.54, 1.807) is 0 Å². The highest BCUT2D eigenvalue weighted by atomic mass is 32.2. The molecule has 1 amide bonds. The fourth-order valence-electron chi connectivity index (χ4n) is 3.02. The summed E-state index contributed by atoms with van der Waals surface area (Å²) >= 11 is 1.28. The number of carbonyl (C=O) groups excluding carboxylic acids is 3. The Kier molecular flexibility index (Phi) is 6.10. The molecule has 0 saturated carbocycles. The van der Waals surface area contributed by atoms with Gasteiger partial charge in [0.15, 0.2) is 0 Å². The number of rotatable bonds is 7. The monoisotopic (exact) mass is 437 g/mol. The lowest BCUT2D eigenvalue weighted by molar-refractivity contribution is -0.384. The van der Waals surface area contributed by atoms with Gasteiger partial charge in [0.25, 0.3) is 11.6 Å². The van der Waals surface area contributed by atoms with Crippen molar-refractivity contribution in [3.05, 3.63) is 51.2 Å². The van der Waals surface area contributed by atoms with Crippen LogP contribution in [0.2, 0.25) is 0 Å². The molecule has 2 aliphatic rings. The van der Waals surface area contributed by atoms with E-state index >= 15 is 0 Å². The lowest BCUT2D eigenvalue weighted by Gasteiger charge is -2.54. The molecule has 2 heterocycles. The number of nitrogens with two attached hydrogens (primary N) is 1. The number of fused-ring (bicyclic) bond motifs is 1. The van der Waals surface area contributed by atoms with Crippen LogP contribution in [0.25, 0.3) is 0 Å². The number of amides is 1. The van der Waals surface area contributed by atoms with E-state index in [0.717, 1.165) is 0 Å². The van der Waals surface area contributed by atoms with Crippen LogP contribution in [-0.4, -0.2) is 58.2 Å². The number of esters is 2. The maximum absolute atomic E-state index is 12.8. The Morgan fingerprint density at radius 1 is 1.30 bits per heavy atom. The van der Waals surface area contributed by atoms with E-state index < -0.39 is 33.9 Å². The van der Waals surface area contributed by atoms with Crippen molar-refractivity contribution in [2.45, 2.75) is 24.6 Å². The van der Waals surface area contributed by atoms with Crippen molar-refractivity contribution in [1.29, 1.82) is 0 Å². The molecule has 0 aliphatic carbocycles. The van der Waals surface area contributed by atoms with Gasteiger partial charge in [0.05, 0.1) is 4.92 Å². The summed E-state index contributed by atoms with van der Waals surface area (Å²) in [6.07, 6.45) is 0. The second-order valence-electron chi connectivity index (χ2n) is 6.57. The summed E-state index contributed by atoms with van der Waals surface area (Å²) in [4.78, 5) is 48.0. The predicted octanol–water partition coefficient (Wildman–Crippen LogP) is 0.672. The van der Waals surface area contributed by atoms with Gasteiger partial charge in [0.1, 0.15) is 24.3 Å². The maximum Gasteiger partial charge on any atom is 0.355 e. The smallest absolute Gasteiger partial charge is 0.355 e. The highest BCUT2D eigenvalue weighted by molar-refractivity contribution is 8.00. The molecule has 0 unspecified atom stereocenters. The largest absolute Gasteiger partial charge is 0.461 e. The molecule has 0 radical (unpaired) electrons. The van der Waals surface area contributed by atoms with Gasteiger partial charge < -0.3 is 14.2 Å². The third-order valence-corrected chi connectivity index (χ3v) is 6.04. The highest BCUT2D eigenvalue weighted by Crippen LogP contribution is 2.45. The van der Waals surface area contributed by atoms with Crippen LogP contribution in [0.1, 0.15) is 12.5 Å². The van der Waals surface area contributed by atoms with E-state index in [2.05, 4.69) is 0 Å². The van der Waals surface area contributed by atoms with Gasteiger partial charge >= 0.3 is 11.9 Å². The minimum Gasteiger partial charge on any atom is -0.461 e. The number of hydrogen-bond donors (Lipinski definition) is 1. The van der Waals surface area contributed by atoms with Crippen molar-refractivity contribution in [2.75, 3.05) is 19.5 Å². The molecule has 11 nitrogen and oxygen atoms in total. The lowest BCUT2D eigenvalue weighted by atomic mass is 9.99. The molecule has 160 valence electrons. The number of ether oxygens (including phenoxy) is 3. The van der Waals surface area contributed by atoms with Crippen molar-refractivity contribution in [2.24, 2.45) is 5.73 Å². The fraction of sp³-hybridized carbons (Fsp3) is 0.389. The maximum atomic E-state index is 12.8. The average molecular weight is 437 g/mol.